The fourth-order valence-corrected chi connectivity index (χ4v) is 4.56. The Labute approximate surface area is 210 Å². The number of nitrogens with zero attached hydrogens (tertiary/aromatic N) is 5. The van der Waals surface area contributed by atoms with Crippen LogP contribution in [-0.4, -0.2) is 59.9 Å². The lowest BCUT2D eigenvalue weighted by Crippen LogP contribution is -2.37. The van der Waals surface area contributed by atoms with Crippen LogP contribution in [0.1, 0.15) is 62.5 Å². The maximum atomic E-state index is 14.7. The van der Waals surface area contributed by atoms with E-state index in [2.05, 4.69) is 32.3 Å². The fourth-order valence-electron chi connectivity index (χ4n) is 4.56. The number of carbonyl (C=O) groups excluding carboxylic acids is 1. The highest BCUT2D eigenvalue weighted by atomic mass is 19.1. The van der Waals surface area contributed by atoms with Crippen LogP contribution < -0.4 is 10.2 Å². The molecule has 1 N–H and O–H groups in total. The molecule has 1 saturated heterocycles. The number of piperidine rings is 1. The molecule has 36 heavy (non-hydrogen) atoms. The average Bonchev–Trinajstić information content (AvgIpc) is 2.90. The van der Waals surface area contributed by atoms with Gasteiger partial charge in [-0.05, 0) is 55.2 Å². The van der Waals surface area contributed by atoms with E-state index < -0.39 is 17.7 Å². The number of hydrogen-bond acceptors (Lipinski definition) is 6. The van der Waals surface area contributed by atoms with E-state index in [1.165, 1.54) is 25.1 Å². The van der Waals surface area contributed by atoms with Gasteiger partial charge in [0.2, 0.25) is 5.95 Å². The highest BCUT2D eigenvalue weighted by molar-refractivity contribution is 5.89. The second-order valence-electron chi connectivity index (χ2n) is 9.65. The van der Waals surface area contributed by atoms with Crippen LogP contribution in [-0.2, 0) is 11.3 Å². The molecule has 1 aliphatic carbocycles. The standard InChI is InChI=1S/C26H34F2N6O2/c1-4-17-15-29-25(30-16-17)34-11-9-20(10-12-34)36-32-19-7-5-18(6-8-19)21-13-23(28)24(14-22(21)27)31-26(35)33(2)3/h13-16,18,20H,4-12H2,1-3H3,(H,31,35). The minimum absolute atomic E-state index is 0.0536. The number of nitrogens with one attached hydrogen (secondary N) is 1. The van der Waals surface area contributed by atoms with Gasteiger partial charge in [-0.1, -0.05) is 12.1 Å². The molecule has 1 aliphatic heterocycles. The van der Waals surface area contributed by atoms with Crippen molar-refractivity contribution >= 4 is 23.4 Å². The number of anilines is 2. The molecule has 1 aromatic carbocycles. The number of rotatable bonds is 6. The first-order chi connectivity index (χ1) is 17.3. The van der Waals surface area contributed by atoms with Gasteiger partial charge in [-0.15, -0.1) is 0 Å². The summed E-state index contributed by atoms with van der Waals surface area (Å²) >= 11 is 0. The smallest absolute Gasteiger partial charge is 0.321 e. The number of halogens is 2. The molecular weight excluding hydrogens is 466 g/mol. The van der Waals surface area contributed by atoms with Crippen molar-refractivity contribution in [1.29, 1.82) is 0 Å². The molecule has 0 bridgehead atoms. The normalized spacial score (nSPS) is 18.6. The third-order valence-electron chi connectivity index (χ3n) is 6.89. The van der Waals surface area contributed by atoms with Crippen LogP contribution in [0, 0.1) is 11.6 Å². The minimum Gasteiger partial charge on any atom is -0.392 e. The van der Waals surface area contributed by atoms with Crippen molar-refractivity contribution in [1.82, 2.24) is 14.9 Å². The van der Waals surface area contributed by atoms with Gasteiger partial charge >= 0.3 is 6.03 Å². The van der Waals surface area contributed by atoms with Gasteiger partial charge in [0.15, 0.2) is 0 Å². The Kier molecular flexibility index (Phi) is 8.32. The molecule has 2 fully saturated rings. The van der Waals surface area contributed by atoms with Crippen LogP contribution in [0.4, 0.5) is 25.2 Å². The molecule has 2 aliphatic rings. The van der Waals surface area contributed by atoms with Gasteiger partial charge in [-0.3, -0.25) is 0 Å². The van der Waals surface area contributed by atoms with Gasteiger partial charge in [0.05, 0.1) is 11.4 Å². The maximum absolute atomic E-state index is 14.7. The Morgan fingerprint density at radius 1 is 1.11 bits per heavy atom. The van der Waals surface area contributed by atoms with Crippen LogP contribution >= 0.6 is 0 Å². The third-order valence-corrected chi connectivity index (χ3v) is 6.89. The summed E-state index contributed by atoms with van der Waals surface area (Å²) in [6.07, 6.45) is 9.14. The molecule has 0 spiro atoms. The first-order valence-electron chi connectivity index (χ1n) is 12.6. The molecule has 2 amide bonds. The van der Waals surface area contributed by atoms with Crippen molar-refractivity contribution in [3.8, 4) is 0 Å². The predicted molar refractivity (Wildman–Crippen MR) is 135 cm³/mol. The van der Waals surface area contributed by atoms with E-state index in [0.29, 0.717) is 31.2 Å². The van der Waals surface area contributed by atoms with Crippen LogP contribution in [0.3, 0.4) is 0 Å². The molecule has 1 aromatic heterocycles. The minimum atomic E-state index is -0.637. The van der Waals surface area contributed by atoms with Crippen molar-refractivity contribution in [2.24, 2.45) is 5.16 Å². The zero-order valence-electron chi connectivity index (χ0n) is 21.1. The zero-order chi connectivity index (χ0) is 25.7. The van der Waals surface area contributed by atoms with Crippen molar-refractivity contribution in [3.05, 3.63) is 47.3 Å². The molecule has 4 rings (SSSR count). The lowest BCUT2D eigenvalue weighted by atomic mass is 9.83. The van der Waals surface area contributed by atoms with Gasteiger partial charge in [0.1, 0.15) is 17.7 Å². The molecule has 8 nitrogen and oxygen atoms in total. The number of aromatic nitrogens is 2. The number of urea groups is 1. The van der Waals surface area contributed by atoms with Gasteiger partial charge in [-0.2, -0.15) is 0 Å². The number of amides is 2. The van der Waals surface area contributed by atoms with Gasteiger partial charge in [0, 0.05) is 58.5 Å². The molecule has 194 valence electrons. The summed E-state index contributed by atoms with van der Waals surface area (Å²) in [5.74, 6) is -0.485. The molecular formula is C26H34F2N6O2. The molecule has 0 unspecified atom stereocenters. The zero-order valence-corrected chi connectivity index (χ0v) is 21.1. The van der Waals surface area contributed by atoms with Crippen molar-refractivity contribution in [2.45, 2.75) is 63.9 Å². The van der Waals surface area contributed by atoms with Crippen LogP contribution in [0.2, 0.25) is 0 Å². The molecule has 2 heterocycles. The summed E-state index contributed by atoms with van der Waals surface area (Å²) in [5.41, 5.74) is 2.28. The Morgan fingerprint density at radius 2 is 1.78 bits per heavy atom. The summed E-state index contributed by atoms with van der Waals surface area (Å²) in [6, 6.07) is 1.76. The van der Waals surface area contributed by atoms with Crippen molar-refractivity contribution in [2.75, 3.05) is 37.4 Å². The van der Waals surface area contributed by atoms with Crippen molar-refractivity contribution in [3.63, 3.8) is 0 Å². The molecule has 1 saturated carbocycles. The Morgan fingerprint density at radius 3 is 2.39 bits per heavy atom. The van der Waals surface area contributed by atoms with Crippen molar-refractivity contribution < 1.29 is 18.4 Å². The fraction of sp³-hybridized carbons (Fsp3) is 0.538. The maximum Gasteiger partial charge on any atom is 0.321 e. The first kappa shape index (κ1) is 25.8. The number of benzene rings is 1. The van der Waals surface area contributed by atoms with Gasteiger partial charge < -0.3 is 20.0 Å². The Balaban J connectivity index is 1.26. The van der Waals surface area contributed by atoms with Gasteiger partial charge in [0.25, 0.3) is 0 Å². The molecule has 0 radical (unpaired) electrons. The van der Waals surface area contributed by atoms with Crippen LogP contribution in [0.5, 0.6) is 0 Å². The summed E-state index contributed by atoms with van der Waals surface area (Å²) in [5, 5.41) is 6.78. The van der Waals surface area contributed by atoms with E-state index in [1.807, 2.05) is 12.4 Å². The van der Waals surface area contributed by atoms with E-state index in [-0.39, 0.29) is 17.7 Å². The number of hydrogen-bond donors (Lipinski definition) is 1. The predicted octanol–water partition coefficient (Wildman–Crippen LogP) is 5.11. The molecule has 0 atom stereocenters. The Bertz CT molecular complexity index is 1070. The van der Waals surface area contributed by atoms with Crippen LogP contribution in [0.15, 0.2) is 29.7 Å². The van der Waals surface area contributed by atoms with E-state index >= 15 is 0 Å². The second-order valence-corrected chi connectivity index (χ2v) is 9.65. The van der Waals surface area contributed by atoms with E-state index in [4.69, 9.17) is 4.84 Å². The molecule has 10 heteroatoms. The monoisotopic (exact) mass is 500 g/mol. The SMILES string of the molecule is CCc1cnc(N2CCC(ON=C3CCC(c4cc(F)c(NC(=O)N(C)C)cc4F)CC3)CC2)nc1. The summed E-state index contributed by atoms with van der Waals surface area (Å²) in [4.78, 5) is 30.0. The number of aryl methyl sites for hydroxylation is 1. The number of carbonyl (C=O) groups is 1. The summed E-state index contributed by atoms with van der Waals surface area (Å²) < 4.78 is 29.3. The first-order valence-corrected chi connectivity index (χ1v) is 12.6. The van der Waals surface area contributed by atoms with Crippen LogP contribution in [0.25, 0.3) is 0 Å². The van der Waals surface area contributed by atoms with E-state index in [1.54, 1.807) is 0 Å². The highest BCUT2D eigenvalue weighted by Crippen LogP contribution is 2.35. The topological polar surface area (TPSA) is 82.9 Å². The summed E-state index contributed by atoms with van der Waals surface area (Å²) in [6.45, 7) is 3.72. The largest absolute Gasteiger partial charge is 0.392 e. The second kappa shape index (κ2) is 11.6. The highest BCUT2D eigenvalue weighted by Gasteiger charge is 2.26. The lowest BCUT2D eigenvalue weighted by molar-refractivity contribution is 0.0406. The number of oxime groups is 1. The van der Waals surface area contributed by atoms with E-state index in [9.17, 15) is 13.6 Å². The Hall–Kier alpha value is -3.30. The quantitative estimate of drug-likeness (QED) is 0.558. The third kappa shape index (κ3) is 6.27. The van der Waals surface area contributed by atoms with Gasteiger partial charge in [-0.25, -0.2) is 23.5 Å². The lowest BCUT2D eigenvalue weighted by Gasteiger charge is -2.31. The summed E-state index contributed by atoms with van der Waals surface area (Å²) in [7, 11) is 3.07. The average molecular weight is 501 g/mol. The van der Waals surface area contributed by atoms with E-state index in [0.717, 1.165) is 55.6 Å². The molecule has 2 aromatic rings.